The quantitative estimate of drug-likeness (QED) is 0.159. The Hall–Kier alpha value is -6.36. The van der Waals surface area contributed by atoms with Crippen LogP contribution < -0.4 is 9.55 Å². The molecule has 8 aromatic rings. The van der Waals surface area contributed by atoms with Crippen LogP contribution in [0, 0.1) is 0 Å². The first-order valence-corrected chi connectivity index (χ1v) is 16.7. The third-order valence-corrected chi connectivity index (χ3v) is 9.14. The van der Waals surface area contributed by atoms with Crippen LogP contribution in [0.15, 0.2) is 194 Å². The first-order valence-electron chi connectivity index (χ1n) is 16.7. The Balaban J connectivity index is 1.16. The van der Waals surface area contributed by atoms with Crippen molar-refractivity contribution in [3.8, 4) is 50.3 Å². The van der Waals surface area contributed by atoms with Gasteiger partial charge in [-0.3, -0.25) is 0 Å². The average molecular weight is 643 g/mol. The van der Waals surface area contributed by atoms with Crippen LogP contribution in [0.5, 0.6) is 5.75 Å². The molecular formula is C46H33BNO2. The predicted molar refractivity (Wildman–Crippen MR) is 209 cm³/mol. The zero-order valence-corrected chi connectivity index (χ0v) is 27.4. The summed E-state index contributed by atoms with van der Waals surface area (Å²) >= 11 is 0. The van der Waals surface area contributed by atoms with Gasteiger partial charge in [0.25, 0.3) is 0 Å². The topological polar surface area (TPSA) is 32.7 Å². The average Bonchev–Trinajstić information content (AvgIpc) is 3.19. The Bertz CT molecular complexity index is 2360. The van der Waals surface area contributed by atoms with Crippen LogP contribution in [0.4, 0.5) is 17.1 Å². The molecule has 0 saturated heterocycles. The van der Waals surface area contributed by atoms with Crippen molar-refractivity contribution in [1.82, 2.24) is 0 Å². The SMILES string of the molecule is O[B]Oc1ccc(-c2ccc(N(c3ccc(-c4ccccc4)cc3)c3ccc(-c4ccc5ccccc5c4)cc3)cc2)cc1-c1ccccc1. The lowest BCUT2D eigenvalue weighted by molar-refractivity contribution is 0.455. The van der Waals surface area contributed by atoms with Gasteiger partial charge in [0.05, 0.1) is 0 Å². The van der Waals surface area contributed by atoms with E-state index in [1.165, 1.54) is 33.0 Å². The molecule has 0 amide bonds. The fraction of sp³-hybridized carbons (Fsp3) is 0. The Labute approximate surface area is 293 Å². The minimum atomic E-state index is 0.594. The molecule has 0 heterocycles. The third-order valence-electron chi connectivity index (χ3n) is 9.14. The van der Waals surface area contributed by atoms with E-state index in [0.29, 0.717) is 5.75 Å². The maximum Gasteiger partial charge on any atom is 0.569 e. The number of benzene rings is 8. The predicted octanol–water partition coefficient (Wildman–Crippen LogP) is 11.9. The van der Waals surface area contributed by atoms with Gasteiger partial charge in [0, 0.05) is 22.6 Å². The molecule has 0 unspecified atom stereocenters. The van der Waals surface area contributed by atoms with Gasteiger partial charge in [-0.1, -0.05) is 140 Å². The number of hydrogen-bond donors (Lipinski definition) is 1. The van der Waals surface area contributed by atoms with E-state index in [4.69, 9.17) is 4.65 Å². The first-order chi connectivity index (χ1) is 24.7. The third kappa shape index (κ3) is 6.40. The van der Waals surface area contributed by atoms with Crippen molar-refractivity contribution in [1.29, 1.82) is 0 Å². The van der Waals surface area contributed by atoms with Crippen molar-refractivity contribution >= 4 is 35.5 Å². The molecule has 0 aliphatic heterocycles. The fourth-order valence-electron chi connectivity index (χ4n) is 6.57. The second-order valence-corrected chi connectivity index (χ2v) is 12.2. The van der Waals surface area contributed by atoms with Gasteiger partial charge in [-0.05, 0) is 104 Å². The summed E-state index contributed by atoms with van der Waals surface area (Å²) in [6.45, 7) is 0. The molecule has 0 aliphatic carbocycles. The van der Waals surface area contributed by atoms with Gasteiger partial charge in [0.15, 0.2) is 0 Å². The Kier molecular flexibility index (Phi) is 8.67. The van der Waals surface area contributed by atoms with Crippen molar-refractivity contribution in [3.05, 3.63) is 194 Å². The monoisotopic (exact) mass is 642 g/mol. The first kappa shape index (κ1) is 30.9. The summed E-state index contributed by atoms with van der Waals surface area (Å²) in [5.74, 6) is 0.594. The Morgan fingerprint density at radius 3 is 1.34 bits per heavy atom. The lowest BCUT2D eigenvalue weighted by Crippen LogP contribution is -2.09. The zero-order valence-electron chi connectivity index (χ0n) is 27.4. The smallest absolute Gasteiger partial charge is 0.537 e. The number of hydrogen-bond acceptors (Lipinski definition) is 3. The summed E-state index contributed by atoms with van der Waals surface area (Å²) in [6, 6.07) is 67.9. The highest BCUT2D eigenvalue weighted by atomic mass is 16.5. The summed E-state index contributed by atoms with van der Waals surface area (Å²) in [6.07, 6.45) is 0. The molecule has 1 N–H and O–H groups in total. The van der Waals surface area contributed by atoms with Crippen LogP contribution in [-0.2, 0) is 0 Å². The lowest BCUT2D eigenvalue weighted by Gasteiger charge is -2.26. The summed E-state index contributed by atoms with van der Waals surface area (Å²) in [7, 11) is 0.728. The Morgan fingerprint density at radius 2 is 0.780 bits per heavy atom. The van der Waals surface area contributed by atoms with E-state index < -0.39 is 0 Å². The molecule has 4 heteroatoms. The Morgan fingerprint density at radius 1 is 0.360 bits per heavy atom. The summed E-state index contributed by atoms with van der Waals surface area (Å²) in [5.41, 5.74) is 12.0. The molecule has 0 bridgehead atoms. The highest BCUT2D eigenvalue weighted by molar-refractivity contribution is 6.17. The van der Waals surface area contributed by atoms with Gasteiger partial charge in [-0.2, -0.15) is 0 Å². The molecule has 3 nitrogen and oxygen atoms in total. The van der Waals surface area contributed by atoms with Gasteiger partial charge >= 0.3 is 7.69 Å². The molecule has 8 aromatic carbocycles. The molecule has 0 aromatic heterocycles. The van der Waals surface area contributed by atoms with Gasteiger partial charge in [0.1, 0.15) is 5.75 Å². The van der Waals surface area contributed by atoms with Crippen molar-refractivity contribution in [2.45, 2.75) is 0 Å². The largest absolute Gasteiger partial charge is 0.569 e. The summed E-state index contributed by atoms with van der Waals surface area (Å²) in [4.78, 5) is 2.30. The van der Waals surface area contributed by atoms with E-state index in [0.717, 1.165) is 47.0 Å². The molecule has 1 radical (unpaired) electrons. The molecule has 8 rings (SSSR count). The van der Waals surface area contributed by atoms with Crippen molar-refractivity contribution in [2.75, 3.05) is 4.90 Å². The molecule has 0 fully saturated rings. The summed E-state index contributed by atoms with van der Waals surface area (Å²) < 4.78 is 5.45. The summed E-state index contributed by atoms with van der Waals surface area (Å²) in [5, 5.41) is 11.9. The van der Waals surface area contributed by atoms with Crippen molar-refractivity contribution in [3.63, 3.8) is 0 Å². The van der Waals surface area contributed by atoms with Crippen LogP contribution in [-0.4, -0.2) is 12.7 Å². The minimum absolute atomic E-state index is 0.594. The number of nitrogens with zero attached hydrogens (tertiary/aromatic N) is 1. The second kappa shape index (κ2) is 14.0. The molecule has 0 saturated carbocycles. The lowest BCUT2D eigenvalue weighted by atomic mass is 9.97. The molecule has 237 valence electrons. The number of fused-ring (bicyclic) bond motifs is 1. The molecule has 0 aliphatic rings. The van der Waals surface area contributed by atoms with Crippen LogP contribution in [0.3, 0.4) is 0 Å². The van der Waals surface area contributed by atoms with Crippen LogP contribution in [0.1, 0.15) is 0 Å². The van der Waals surface area contributed by atoms with E-state index in [2.05, 4.69) is 150 Å². The molecule has 0 spiro atoms. The second-order valence-electron chi connectivity index (χ2n) is 12.2. The number of anilines is 3. The minimum Gasteiger partial charge on any atom is -0.537 e. The van der Waals surface area contributed by atoms with Gasteiger partial charge in [-0.25, -0.2) is 0 Å². The highest BCUT2D eigenvalue weighted by Gasteiger charge is 2.15. The van der Waals surface area contributed by atoms with Gasteiger partial charge in [0.2, 0.25) is 0 Å². The molecule has 0 atom stereocenters. The van der Waals surface area contributed by atoms with E-state index in [1.54, 1.807) is 0 Å². The van der Waals surface area contributed by atoms with E-state index in [-0.39, 0.29) is 0 Å². The highest BCUT2D eigenvalue weighted by Crippen LogP contribution is 2.39. The molecule has 50 heavy (non-hydrogen) atoms. The van der Waals surface area contributed by atoms with Crippen LogP contribution in [0.2, 0.25) is 0 Å². The van der Waals surface area contributed by atoms with E-state index in [1.807, 2.05) is 48.5 Å². The zero-order chi connectivity index (χ0) is 33.7. The maximum absolute atomic E-state index is 9.38. The van der Waals surface area contributed by atoms with Crippen molar-refractivity contribution in [2.24, 2.45) is 0 Å². The van der Waals surface area contributed by atoms with Crippen LogP contribution >= 0.6 is 0 Å². The van der Waals surface area contributed by atoms with Crippen LogP contribution in [0.25, 0.3) is 55.3 Å². The molecular weight excluding hydrogens is 609 g/mol. The normalized spacial score (nSPS) is 10.9. The van der Waals surface area contributed by atoms with Gasteiger partial charge < -0.3 is 14.6 Å². The fourth-order valence-corrected chi connectivity index (χ4v) is 6.57. The maximum atomic E-state index is 9.38. The standard InChI is InChI=1S/C46H33BNO2/c49-47-50-46-30-23-41(32-45(46)38-12-5-2-6-13-38)37-21-28-44(29-22-37)48(42-24-17-35(18-25-42)33-9-3-1-4-10-33)43-26-19-36(20-27-43)40-16-15-34-11-7-8-14-39(34)31-40/h1-32,49H. The number of rotatable bonds is 9. The van der Waals surface area contributed by atoms with E-state index in [9.17, 15) is 5.02 Å². The van der Waals surface area contributed by atoms with Gasteiger partial charge in [-0.15, -0.1) is 0 Å². The van der Waals surface area contributed by atoms with Crippen molar-refractivity contribution < 1.29 is 9.68 Å². The van der Waals surface area contributed by atoms with E-state index >= 15 is 0 Å².